The summed E-state index contributed by atoms with van der Waals surface area (Å²) >= 11 is 0. The first-order chi connectivity index (χ1) is 12.0. The molecule has 0 aliphatic rings. The average Bonchev–Trinajstić information content (AvgIpc) is 2.60. The highest BCUT2D eigenvalue weighted by Gasteiger charge is 2.11. The highest BCUT2D eigenvalue weighted by Crippen LogP contribution is 2.17. The molecule has 25 heavy (non-hydrogen) atoms. The summed E-state index contributed by atoms with van der Waals surface area (Å²) in [4.78, 5) is 12.3. The molecule has 1 unspecified atom stereocenters. The van der Waals surface area contributed by atoms with Gasteiger partial charge in [0.25, 0.3) is 5.91 Å². The summed E-state index contributed by atoms with van der Waals surface area (Å²) in [5, 5.41) is 2.92. The van der Waals surface area contributed by atoms with Crippen molar-refractivity contribution in [1.82, 2.24) is 5.32 Å². The van der Waals surface area contributed by atoms with Gasteiger partial charge in [-0.2, -0.15) is 0 Å². The molecule has 0 radical (unpaired) electrons. The van der Waals surface area contributed by atoms with Crippen LogP contribution in [0.15, 0.2) is 48.5 Å². The second-order valence-corrected chi connectivity index (χ2v) is 6.05. The second-order valence-electron chi connectivity index (χ2n) is 6.05. The molecule has 0 aliphatic carbocycles. The molecule has 134 valence electrons. The van der Waals surface area contributed by atoms with E-state index in [9.17, 15) is 4.79 Å². The monoisotopic (exact) mass is 343 g/mol. The molecule has 1 N–H and O–H groups in total. The topological polar surface area (TPSA) is 56.8 Å². The van der Waals surface area contributed by atoms with Gasteiger partial charge in [0, 0.05) is 5.56 Å². The van der Waals surface area contributed by atoms with Crippen molar-refractivity contribution >= 4 is 5.91 Å². The van der Waals surface area contributed by atoms with E-state index < -0.39 is 0 Å². The fourth-order valence-electron chi connectivity index (χ4n) is 2.20. The molecule has 0 heterocycles. The van der Waals surface area contributed by atoms with Crippen molar-refractivity contribution in [3.63, 3.8) is 0 Å². The van der Waals surface area contributed by atoms with E-state index in [1.807, 2.05) is 45.0 Å². The van der Waals surface area contributed by atoms with E-state index in [1.54, 1.807) is 31.4 Å². The van der Waals surface area contributed by atoms with E-state index in [4.69, 9.17) is 14.2 Å². The maximum absolute atomic E-state index is 12.3. The third kappa shape index (κ3) is 6.03. The van der Waals surface area contributed by atoms with Gasteiger partial charge < -0.3 is 19.5 Å². The smallest absolute Gasteiger partial charge is 0.251 e. The van der Waals surface area contributed by atoms with Crippen molar-refractivity contribution in [1.29, 1.82) is 0 Å². The predicted molar refractivity (Wildman–Crippen MR) is 97.6 cm³/mol. The van der Waals surface area contributed by atoms with Gasteiger partial charge in [0.1, 0.15) is 23.9 Å². The zero-order chi connectivity index (χ0) is 18.2. The third-order valence-electron chi connectivity index (χ3n) is 3.43. The van der Waals surface area contributed by atoms with Crippen LogP contribution in [0.4, 0.5) is 0 Å². The molecule has 5 heteroatoms. The van der Waals surface area contributed by atoms with E-state index in [-0.39, 0.29) is 18.1 Å². The van der Waals surface area contributed by atoms with E-state index in [2.05, 4.69) is 5.32 Å². The average molecular weight is 343 g/mol. The van der Waals surface area contributed by atoms with Crippen LogP contribution >= 0.6 is 0 Å². The molecule has 0 aliphatic heterocycles. The van der Waals surface area contributed by atoms with Crippen molar-refractivity contribution in [3.8, 4) is 17.2 Å². The molecule has 2 aromatic rings. The lowest BCUT2D eigenvalue weighted by atomic mass is 10.2. The number of methoxy groups -OCH3 is 1. The summed E-state index contributed by atoms with van der Waals surface area (Å²) in [6, 6.07) is 14.3. The van der Waals surface area contributed by atoms with Crippen LogP contribution in [-0.4, -0.2) is 31.8 Å². The summed E-state index contributed by atoms with van der Waals surface area (Å²) in [7, 11) is 1.62. The minimum absolute atomic E-state index is 0.106. The van der Waals surface area contributed by atoms with Gasteiger partial charge in [0.05, 0.1) is 19.3 Å². The van der Waals surface area contributed by atoms with Gasteiger partial charge in [-0.1, -0.05) is 0 Å². The van der Waals surface area contributed by atoms with E-state index >= 15 is 0 Å². The Bertz CT molecular complexity index is 665. The van der Waals surface area contributed by atoms with Crippen LogP contribution in [0.3, 0.4) is 0 Å². The number of nitrogens with one attached hydrogen (secondary N) is 1. The van der Waals surface area contributed by atoms with Gasteiger partial charge in [0.15, 0.2) is 0 Å². The Balaban J connectivity index is 1.82. The van der Waals surface area contributed by atoms with Crippen LogP contribution in [0.25, 0.3) is 0 Å². The van der Waals surface area contributed by atoms with Crippen molar-refractivity contribution in [3.05, 3.63) is 54.1 Å². The van der Waals surface area contributed by atoms with Gasteiger partial charge in [-0.3, -0.25) is 4.79 Å². The molecular formula is C20H25NO4. The predicted octanol–water partition coefficient (Wildman–Crippen LogP) is 3.68. The largest absolute Gasteiger partial charge is 0.497 e. The quantitative estimate of drug-likeness (QED) is 0.794. The summed E-state index contributed by atoms with van der Waals surface area (Å²) in [6.45, 7) is 6.21. The van der Waals surface area contributed by atoms with E-state index in [0.717, 1.165) is 17.2 Å². The van der Waals surface area contributed by atoms with Crippen LogP contribution in [-0.2, 0) is 0 Å². The fraction of sp³-hybridized carbons (Fsp3) is 0.350. The normalized spacial score (nSPS) is 11.7. The molecule has 5 nitrogen and oxygen atoms in total. The van der Waals surface area contributed by atoms with Crippen LogP contribution in [0, 0.1) is 0 Å². The summed E-state index contributed by atoms with van der Waals surface area (Å²) < 4.78 is 16.4. The van der Waals surface area contributed by atoms with Crippen LogP contribution in [0.2, 0.25) is 0 Å². The van der Waals surface area contributed by atoms with E-state index in [1.165, 1.54) is 0 Å². The van der Waals surface area contributed by atoms with Gasteiger partial charge in [-0.15, -0.1) is 0 Å². The zero-order valence-corrected chi connectivity index (χ0v) is 15.1. The number of carbonyl (C=O) groups is 1. The Morgan fingerprint density at radius 3 is 2.04 bits per heavy atom. The Kier molecular flexibility index (Phi) is 6.69. The Morgan fingerprint density at radius 1 is 0.920 bits per heavy atom. The van der Waals surface area contributed by atoms with Crippen molar-refractivity contribution < 1.29 is 19.0 Å². The molecule has 0 saturated heterocycles. The highest BCUT2D eigenvalue weighted by atomic mass is 16.5. The molecule has 2 aromatic carbocycles. The van der Waals surface area contributed by atoms with Gasteiger partial charge in [-0.05, 0) is 69.3 Å². The van der Waals surface area contributed by atoms with Crippen LogP contribution in [0.5, 0.6) is 17.2 Å². The maximum Gasteiger partial charge on any atom is 0.251 e. The molecule has 0 bridgehead atoms. The number of amides is 1. The van der Waals surface area contributed by atoms with Crippen LogP contribution in [0.1, 0.15) is 31.1 Å². The first-order valence-electron chi connectivity index (χ1n) is 8.32. The zero-order valence-electron chi connectivity index (χ0n) is 15.1. The van der Waals surface area contributed by atoms with Gasteiger partial charge in [0.2, 0.25) is 0 Å². The minimum atomic E-state index is -0.137. The molecule has 0 aromatic heterocycles. The number of rotatable bonds is 8. The molecule has 0 spiro atoms. The molecule has 1 amide bonds. The maximum atomic E-state index is 12.3. The minimum Gasteiger partial charge on any atom is -0.497 e. The van der Waals surface area contributed by atoms with Gasteiger partial charge >= 0.3 is 0 Å². The fourth-order valence-corrected chi connectivity index (χ4v) is 2.20. The lowest BCUT2D eigenvalue weighted by Crippen LogP contribution is -2.36. The lowest BCUT2D eigenvalue weighted by Gasteiger charge is -2.15. The first-order valence-corrected chi connectivity index (χ1v) is 8.32. The first kappa shape index (κ1) is 18.6. The Hall–Kier alpha value is -2.69. The lowest BCUT2D eigenvalue weighted by molar-refractivity contribution is 0.0926. The second kappa shape index (κ2) is 8.97. The van der Waals surface area contributed by atoms with Crippen LogP contribution < -0.4 is 19.5 Å². The SMILES string of the molecule is COc1ccc(OCC(C)NC(=O)c2ccc(OC(C)C)cc2)cc1. The Morgan fingerprint density at radius 2 is 1.48 bits per heavy atom. The number of hydrogen-bond acceptors (Lipinski definition) is 4. The van der Waals surface area contributed by atoms with Crippen molar-refractivity contribution in [2.24, 2.45) is 0 Å². The van der Waals surface area contributed by atoms with Crippen molar-refractivity contribution in [2.75, 3.05) is 13.7 Å². The number of hydrogen-bond donors (Lipinski definition) is 1. The third-order valence-corrected chi connectivity index (χ3v) is 3.43. The number of ether oxygens (including phenoxy) is 3. The van der Waals surface area contributed by atoms with Gasteiger partial charge in [-0.25, -0.2) is 0 Å². The molecule has 1 atom stereocenters. The van der Waals surface area contributed by atoms with E-state index in [0.29, 0.717) is 12.2 Å². The van der Waals surface area contributed by atoms with Crippen molar-refractivity contribution in [2.45, 2.75) is 32.9 Å². The standard InChI is InChI=1S/C20H25NO4/c1-14(2)25-19-7-5-16(6-8-19)20(22)21-15(3)13-24-18-11-9-17(23-4)10-12-18/h5-12,14-15H,13H2,1-4H3,(H,21,22). The molecular weight excluding hydrogens is 318 g/mol. The summed E-state index contributed by atoms with van der Waals surface area (Å²) in [6.07, 6.45) is 0.106. The molecule has 0 fully saturated rings. The molecule has 2 rings (SSSR count). The highest BCUT2D eigenvalue weighted by molar-refractivity contribution is 5.94. The summed E-state index contributed by atoms with van der Waals surface area (Å²) in [5.74, 6) is 2.13. The number of carbonyl (C=O) groups excluding carboxylic acids is 1. The summed E-state index contributed by atoms with van der Waals surface area (Å²) in [5.41, 5.74) is 0.590. The molecule has 0 saturated carbocycles. The number of benzene rings is 2. The Labute approximate surface area is 148 Å².